The van der Waals surface area contributed by atoms with Gasteiger partial charge in [0.15, 0.2) is 16.6 Å². The van der Waals surface area contributed by atoms with Gasteiger partial charge in [-0.05, 0) is 62.3 Å². The van der Waals surface area contributed by atoms with Gasteiger partial charge in [-0.25, -0.2) is 4.98 Å². The van der Waals surface area contributed by atoms with Gasteiger partial charge in [-0.1, -0.05) is 47.2 Å². The Labute approximate surface area is 199 Å². The Hall–Kier alpha value is -3.06. The molecule has 0 saturated heterocycles. The molecule has 0 bridgehead atoms. The number of carbonyl (C=O) groups excluding carboxylic acids is 1. The summed E-state index contributed by atoms with van der Waals surface area (Å²) >= 11 is 1.37. The lowest BCUT2D eigenvalue weighted by atomic mass is 10.0. The van der Waals surface area contributed by atoms with E-state index < -0.39 is 0 Å². The molecule has 0 radical (unpaired) electrons. The summed E-state index contributed by atoms with van der Waals surface area (Å²) in [6.45, 7) is 4.87. The summed E-state index contributed by atoms with van der Waals surface area (Å²) in [6.07, 6.45) is 3.03. The van der Waals surface area contributed by atoms with Gasteiger partial charge in [0.2, 0.25) is 0 Å². The summed E-state index contributed by atoms with van der Waals surface area (Å²) in [5, 5.41) is 0.411. The molecule has 33 heavy (non-hydrogen) atoms. The predicted octanol–water partition coefficient (Wildman–Crippen LogP) is 5.20. The standard InChI is InChI=1S/C26H31N3O3S/c1-16-6-5-7-20(12-16)24-23(28-26(27)33-24)25(30)29(15-18-8-9-18)17(2)13-19-10-11-21(31-3)22(14-19)32-4/h5-7,10-12,14,17-18H,8-9,13,15H2,1-4H3,(H2,27,28). The molecule has 1 amide bonds. The van der Waals surface area contributed by atoms with Crippen molar-refractivity contribution in [2.75, 3.05) is 26.5 Å². The molecular weight excluding hydrogens is 434 g/mol. The molecule has 174 valence electrons. The lowest BCUT2D eigenvalue weighted by Crippen LogP contribution is -2.41. The van der Waals surface area contributed by atoms with E-state index in [0.717, 1.165) is 41.0 Å². The minimum atomic E-state index is -0.0562. The fraction of sp³-hybridized carbons (Fsp3) is 0.385. The van der Waals surface area contributed by atoms with Crippen molar-refractivity contribution >= 4 is 22.4 Å². The normalized spacial score (nSPS) is 14.1. The van der Waals surface area contributed by atoms with E-state index in [1.165, 1.54) is 11.3 Å². The zero-order valence-electron chi connectivity index (χ0n) is 19.6. The van der Waals surface area contributed by atoms with Crippen molar-refractivity contribution in [3.8, 4) is 21.9 Å². The first-order chi connectivity index (χ1) is 15.9. The summed E-state index contributed by atoms with van der Waals surface area (Å²) in [7, 11) is 3.26. The number of benzene rings is 2. The van der Waals surface area contributed by atoms with Gasteiger partial charge in [-0.2, -0.15) is 0 Å². The molecule has 1 fully saturated rings. The number of hydrogen-bond acceptors (Lipinski definition) is 6. The summed E-state index contributed by atoms with van der Waals surface area (Å²) in [5.41, 5.74) is 9.72. The second-order valence-electron chi connectivity index (χ2n) is 8.74. The average molecular weight is 466 g/mol. The van der Waals surface area contributed by atoms with Crippen molar-refractivity contribution in [3.05, 3.63) is 59.3 Å². The molecule has 2 N–H and O–H groups in total. The molecule has 0 spiro atoms. The van der Waals surface area contributed by atoms with E-state index in [1.807, 2.05) is 48.2 Å². The Morgan fingerprint density at radius 1 is 1.18 bits per heavy atom. The van der Waals surface area contributed by atoms with Crippen LogP contribution in [0.4, 0.5) is 5.13 Å². The summed E-state index contributed by atoms with van der Waals surface area (Å²) in [5.74, 6) is 1.89. The minimum Gasteiger partial charge on any atom is -0.493 e. The van der Waals surface area contributed by atoms with E-state index in [4.69, 9.17) is 15.2 Å². The van der Waals surface area contributed by atoms with Crippen molar-refractivity contribution < 1.29 is 14.3 Å². The molecule has 0 aliphatic heterocycles. The molecule has 1 aliphatic rings. The number of nitrogen functional groups attached to an aromatic ring is 1. The molecule has 2 aromatic carbocycles. The fourth-order valence-corrected chi connectivity index (χ4v) is 4.92. The number of hydrogen-bond donors (Lipinski definition) is 1. The van der Waals surface area contributed by atoms with E-state index in [9.17, 15) is 4.79 Å². The smallest absolute Gasteiger partial charge is 0.274 e. The quantitative estimate of drug-likeness (QED) is 0.470. The molecule has 1 unspecified atom stereocenters. The number of nitrogens with two attached hydrogens (primary N) is 1. The van der Waals surface area contributed by atoms with Gasteiger partial charge < -0.3 is 20.1 Å². The van der Waals surface area contributed by atoms with Crippen LogP contribution in [-0.2, 0) is 6.42 Å². The monoisotopic (exact) mass is 465 g/mol. The number of thiazole rings is 1. The third-order valence-corrected chi connectivity index (χ3v) is 6.98. The largest absolute Gasteiger partial charge is 0.493 e. The molecule has 1 aromatic heterocycles. The van der Waals surface area contributed by atoms with E-state index in [-0.39, 0.29) is 11.9 Å². The Morgan fingerprint density at radius 2 is 1.94 bits per heavy atom. The first-order valence-corrected chi connectivity index (χ1v) is 12.1. The average Bonchev–Trinajstić information content (AvgIpc) is 3.55. The highest BCUT2D eigenvalue weighted by Gasteiger charge is 2.32. The maximum atomic E-state index is 13.8. The Bertz CT molecular complexity index is 1140. The lowest BCUT2D eigenvalue weighted by Gasteiger charge is -2.29. The van der Waals surface area contributed by atoms with Crippen LogP contribution >= 0.6 is 11.3 Å². The number of rotatable bonds is 9. The molecule has 1 aliphatic carbocycles. The van der Waals surface area contributed by atoms with E-state index in [1.54, 1.807) is 14.2 Å². The zero-order valence-corrected chi connectivity index (χ0v) is 20.4. The molecule has 1 atom stereocenters. The number of aromatic nitrogens is 1. The van der Waals surface area contributed by atoms with E-state index >= 15 is 0 Å². The number of amides is 1. The first-order valence-electron chi connectivity index (χ1n) is 11.2. The molecule has 3 aromatic rings. The van der Waals surface area contributed by atoms with Crippen LogP contribution in [0.3, 0.4) is 0 Å². The number of methoxy groups -OCH3 is 2. The van der Waals surface area contributed by atoms with E-state index in [2.05, 4.69) is 18.0 Å². The van der Waals surface area contributed by atoms with Crippen LogP contribution in [0.25, 0.3) is 10.4 Å². The van der Waals surface area contributed by atoms with Crippen LogP contribution < -0.4 is 15.2 Å². The third-order valence-electron chi connectivity index (χ3n) is 6.05. The zero-order chi connectivity index (χ0) is 23.5. The second kappa shape index (κ2) is 9.83. The number of anilines is 1. The number of nitrogens with zero attached hydrogens (tertiary/aromatic N) is 2. The van der Waals surface area contributed by atoms with Crippen LogP contribution in [0.1, 0.15) is 41.4 Å². The maximum absolute atomic E-state index is 13.8. The van der Waals surface area contributed by atoms with Gasteiger partial charge in [0.05, 0.1) is 19.1 Å². The van der Waals surface area contributed by atoms with Crippen molar-refractivity contribution in [2.24, 2.45) is 5.92 Å². The third kappa shape index (κ3) is 5.30. The van der Waals surface area contributed by atoms with Gasteiger partial charge >= 0.3 is 0 Å². The summed E-state index contributed by atoms with van der Waals surface area (Å²) in [4.78, 5) is 21.1. The Balaban J connectivity index is 1.62. The molecule has 1 saturated carbocycles. The highest BCUT2D eigenvalue weighted by atomic mass is 32.1. The Kier molecular flexibility index (Phi) is 6.88. The number of aryl methyl sites for hydroxylation is 1. The minimum absolute atomic E-state index is 0.00974. The highest BCUT2D eigenvalue weighted by molar-refractivity contribution is 7.19. The molecule has 6 nitrogen and oxygen atoms in total. The van der Waals surface area contributed by atoms with Gasteiger partial charge in [0, 0.05) is 12.6 Å². The van der Waals surface area contributed by atoms with Crippen molar-refractivity contribution in [3.63, 3.8) is 0 Å². The molecule has 7 heteroatoms. The lowest BCUT2D eigenvalue weighted by molar-refractivity contribution is 0.0677. The topological polar surface area (TPSA) is 77.7 Å². The van der Waals surface area contributed by atoms with Gasteiger partial charge in [0.1, 0.15) is 5.69 Å². The van der Waals surface area contributed by atoms with E-state index in [0.29, 0.717) is 34.7 Å². The van der Waals surface area contributed by atoms with Crippen molar-refractivity contribution in [1.29, 1.82) is 0 Å². The SMILES string of the molecule is COc1ccc(CC(C)N(CC2CC2)C(=O)c2nc(N)sc2-c2cccc(C)c2)cc1OC. The molecule has 4 rings (SSSR count). The second-order valence-corrected chi connectivity index (χ2v) is 9.77. The number of ether oxygens (including phenoxy) is 2. The van der Waals surface area contributed by atoms with Crippen LogP contribution in [0.2, 0.25) is 0 Å². The maximum Gasteiger partial charge on any atom is 0.274 e. The molecule has 1 heterocycles. The summed E-state index contributed by atoms with van der Waals surface area (Å²) < 4.78 is 10.8. The fourth-order valence-electron chi connectivity index (χ4n) is 4.10. The summed E-state index contributed by atoms with van der Waals surface area (Å²) in [6, 6.07) is 14.0. The van der Waals surface area contributed by atoms with Crippen LogP contribution in [0.5, 0.6) is 11.5 Å². The van der Waals surface area contributed by atoms with Crippen molar-refractivity contribution in [1.82, 2.24) is 9.88 Å². The van der Waals surface area contributed by atoms with Crippen LogP contribution in [0.15, 0.2) is 42.5 Å². The van der Waals surface area contributed by atoms with Crippen molar-refractivity contribution in [2.45, 2.75) is 39.2 Å². The van der Waals surface area contributed by atoms with Crippen LogP contribution in [-0.4, -0.2) is 42.6 Å². The van der Waals surface area contributed by atoms with Gasteiger partial charge in [0.25, 0.3) is 5.91 Å². The van der Waals surface area contributed by atoms with Gasteiger partial charge in [-0.3, -0.25) is 4.79 Å². The molecular formula is C26H31N3O3S. The highest BCUT2D eigenvalue weighted by Crippen LogP contribution is 2.36. The van der Waals surface area contributed by atoms with Gasteiger partial charge in [-0.15, -0.1) is 0 Å². The number of carbonyl (C=O) groups is 1. The van der Waals surface area contributed by atoms with Crippen LogP contribution in [0, 0.1) is 12.8 Å². The first kappa shape index (κ1) is 23.1. The predicted molar refractivity (Wildman–Crippen MR) is 133 cm³/mol. The Morgan fingerprint density at radius 3 is 2.61 bits per heavy atom.